The summed E-state index contributed by atoms with van der Waals surface area (Å²) >= 11 is 0. The van der Waals surface area contributed by atoms with Crippen molar-refractivity contribution in [3.8, 4) is 0 Å². The molecule has 0 aromatic rings. The molecule has 0 amide bonds. The molecule has 2 atom stereocenters. The van der Waals surface area contributed by atoms with Crippen LogP contribution >= 0.6 is 0 Å². The topological polar surface area (TPSA) is 12.5 Å². The van der Waals surface area contributed by atoms with Gasteiger partial charge >= 0.3 is 0 Å². The third-order valence-corrected chi connectivity index (χ3v) is 4.56. The van der Waals surface area contributed by atoms with Gasteiger partial charge in [-0.05, 0) is 38.5 Å². The van der Waals surface area contributed by atoms with Crippen LogP contribution in [0.5, 0.6) is 0 Å². The summed E-state index contributed by atoms with van der Waals surface area (Å²) in [7, 11) is 0. The first-order valence-corrected chi connectivity index (χ1v) is 7.07. The molecule has 0 N–H and O–H groups in total. The molecule has 2 unspecified atom stereocenters. The van der Waals surface area contributed by atoms with E-state index in [4.69, 9.17) is 4.74 Å². The molecule has 0 radical (unpaired) electrons. The van der Waals surface area contributed by atoms with E-state index in [1.54, 1.807) is 0 Å². The van der Waals surface area contributed by atoms with Crippen molar-refractivity contribution in [2.45, 2.75) is 52.1 Å². The second-order valence-corrected chi connectivity index (χ2v) is 6.22. The van der Waals surface area contributed by atoms with E-state index >= 15 is 0 Å². The van der Waals surface area contributed by atoms with Gasteiger partial charge < -0.3 is 4.74 Å². The van der Waals surface area contributed by atoms with Crippen LogP contribution in [0.3, 0.4) is 0 Å². The van der Waals surface area contributed by atoms with Crippen LogP contribution in [-0.4, -0.2) is 36.2 Å². The normalized spacial score (nSPS) is 35.1. The van der Waals surface area contributed by atoms with Crippen molar-refractivity contribution in [1.29, 1.82) is 0 Å². The zero-order valence-corrected chi connectivity index (χ0v) is 11.8. The summed E-state index contributed by atoms with van der Waals surface area (Å²) in [5, 5.41) is 0. The summed E-state index contributed by atoms with van der Waals surface area (Å²) in [6.45, 7) is 12.3. The quantitative estimate of drug-likeness (QED) is 0.684. The van der Waals surface area contributed by atoms with Crippen molar-refractivity contribution < 1.29 is 4.74 Å². The minimum absolute atomic E-state index is 0.259. The van der Waals surface area contributed by atoms with Gasteiger partial charge in [0.25, 0.3) is 0 Å². The minimum Gasteiger partial charge on any atom is -0.379 e. The third kappa shape index (κ3) is 2.30. The largest absolute Gasteiger partial charge is 0.379 e. The Balaban J connectivity index is 2.30. The van der Waals surface area contributed by atoms with E-state index < -0.39 is 0 Å². The van der Waals surface area contributed by atoms with Gasteiger partial charge in [0.2, 0.25) is 0 Å². The molecule has 2 heteroatoms. The highest BCUT2D eigenvalue weighted by molar-refractivity contribution is 5.10. The van der Waals surface area contributed by atoms with E-state index in [-0.39, 0.29) is 5.54 Å². The van der Waals surface area contributed by atoms with Gasteiger partial charge in [0.15, 0.2) is 0 Å². The molecule has 2 nitrogen and oxygen atoms in total. The van der Waals surface area contributed by atoms with Crippen molar-refractivity contribution in [1.82, 2.24) is 4.90 Å². The Morgan fingerprint density at radius 3 is 2.65 bits per heavy atom. The lowest BCUT2D eigenvalue weighted by Gasteiger charge is -2.55. The fourth-order valence-corrected chi connectivity index (χ4v) is 3.79. The van der Waals surface area contributed by atoms with Gasteiger partial charge in [-0.3, -0.25) is 4.90 Å². The molecule has 2 rings (SSSR count). The van der Waals surface area contributed by atoms with Crippen LogP contribution in [0, 0.1) is 11.8 Å². The van der Waals surface area contributed by atoms with E-state index in [1.807, 2.05) is 0 Å². The molecule has 2 aliphatic rings. The first-order valence-electron chi connectivity index (χ1n) is 7.07. The Bertz CT molecular complexity index is 285. The summed E-state index contributed by atoms with van der Waals surface area (Å²) in [5.41, 5.74) is 0.259. The van der Waals surface area contributed by atoms with Crippen molar-refractivity contribution in [3.05, 3.63) is 12.2 Å². The summed E-state index contributed by atoms with van der Waals surface area (Å²) < 4.78 is 5.85. The molecule has 2 heterocycles. The summed E-state index contributed by atoms with van der Waals surface area (Å²) in [5.74, 6) is 1.51. The highest BCUT2D eigenvalue weighted by atomic mass is 16.5. The molecule has 0 aromatic heterocycles. The number of nitrogens with zero attached hydrogens (tertiary/aromatic N) is 1. The Kier molecular flexibility index (Phi) is 3.94. The number of ether oxygens (including phenoxy) is 1. The van der Waals surface area contributed by atoms with Crippen LogP contribution in [0.1, 0.15) is 40.5 Å². The summed E-state index contributed by atoms with van der Waals surface area (Å²) in [4.78, 5) is 2.66. The number of hydrogen-bond acceptors (Lipinski definition) is 2. The standard InChI is InChI=1S/C15H27NO/c1-12(2)14-7-10-17-11-15(14)8-5-6-9-16(15)13(3)4/h5-6,12-14H,7-11H2,1-4H3. The number of hydrogen-bond donors (Lipinski definition) is 0. The Labute approximate surface area is 106 Å². The zero-order chi connectivity index (χ0) is 12.5. The number of rotatable bonds is 2. The maximum atomic E-state index is 5.85. The average molecular weight is 237 g/mol. The third-order valence-electron chi connectivity index (χ3n) is 4.56. The van der Waals surface area contributed by atoms with Crippen molar-refractivity contribution >= 4 is 0 Å². The van der Waals surface area contributed by atoms with Gasteiger partial charge in [-0.15, -0.1) is 0 Å². The molecule has 1 saturated heterocycles. The van der Waals surface area contributed by atoms with E-state index in [0.717, 1.165) is 38.0 Å². The smallest absolute Gasteiger partial charge is 0.0656 e. The van der Waals surface area contributed by atoms with E-state index in [1.165, 1.54) is 6.42 Å². The highest BCUT2D eigenvalue weighted by Gasteiger charge is 2.47. The second kappa shape index (κ2) is 5.11. The van der Waals surface area contributed by atoms with Crippen molar-refractivity contribution in [3.63, 3.8) is 0 Å². The molecule has 2 aliphatic heterocycles. The summed E-state index contributed by atoms with van der Waals surface area (Å²) in [6, 6.07) is 0.600. The van der Waals surface area contributed by atoms with Crippen LogP contribution in [0.25, 0.3) is 0 Å². The zero-order valence-electron chi connectivity index (χ0n) is 11.8. The van der Waals surface area contributed by atoms with E-state index in [9.17, 15) is 0 Å². The van der Waals surface area contributed by atoms with Crippen molar-refractivity contribution in [2.24, 2.45) is 11.8 Å². The van der Waals surface area contributed by atoms with E-state index in [2.05, 4.69) is 44.7 Å². The van der Waals surface area contributed by atoms with Crippen LogP contribution in [-0.2, 0) is 4.74 Å². The summed E-state index contributed by atoms with van der Waals surface area (Å²) in [6.07, 6.45) is 7.06. The van der Waals surface area contributed by atoms with Gasteiger partial charge in [-0.2, -0.15) is 0 Å². The van der Waals surface area contributed by atoms with Gasteiger partial charge in [0.1, 0.15) is 0 Å². The lowest BCUT2D eigenvalue weighted by Crippen LogP contribution is -2.63. The molecule has 0 saturated carbocycles. The molecule has 0 aliphatic carbocycles. The Morgan fingerprint density at radius 1 is 1.24 bits per heavy atom. The maximum absolute atomic E-state index is 5.85. The Morgan fingerprint density at radius 2 is 2.00 bits per heavy atom. The molecule has 98 valence electrons. The van der Waals surface area contributed by atoms with Crippen LogP contribution in [0.2, 0.25) is 0 Å². The molecule has 1 spiro atoms. The lowest BCUT2D eigenvalue weighted by atomic mass is 9.69. The predicted molar refractivity (Wildman–Crippen MR) is 72.1 cm³/mol. The molecule has 17 heavy (non-hydrogen) atoms. The fraction of sp³-hybridized carbons (Fsp3) is 0.867. The molecule has 0 aromatic carbocycles. The van der Waals surface area contributed by atoms with Gasteiger partial charge in [0.05, 0.1) is 12.1 Å². The molecule has 0 bridgehead atoms. The van der Waals surface area contributed by atoms with Gasteiger partial charge in [-0.1, -0.05) is 26.0 Å². The first kappa shape index (κ1) is 13.1. The molecular formula is C15H27NO. The van der Waals surface area contributed by atoms with Crippen LogP contribution < -0.4 is 0 Å². The maximum Gasteiger partial charge on any atom is 0.0656 e. The monoisotopic (exact) mass is 237 g/mol. The van der Waals surface area contributed by atoms with E-state index in [0.29, 0.717) is 6.04 Å². The van der Waals surface area contributed by atoms with Gasteiger partial charge in [-0.25, -0.2) is 0 Å². The molecule has 1 fully saturated rings. The first-order chi connectivity index (χ1) is 8.08. The fourth-order valence-electron chi connectivity index (χ4n) is 3.79. The average Bonchev–Trinajstić information content (AvgIpc) is 2.29. The highest BCUT2D eigenvalue weighted by Crippen LogP contribution is 2.42. The van der Waals surface area contributed by atoms with Crippen molar-refractivity contribution in [2.75, 3.05) is 19.8 Å². The lowest BCUT2D eigenvalue weighted by molar-refractivity contribution is -0.110. The minimum atomic E-state index is 0.259. The predicted octanol–water partition coefficient (Wildman–Crippen LogP) is 3.09. The molecular weight excluding hydrogens is 210 g/mol. The second-order valence-electron chi connectivity index (χ2n) is 6.22. The Hall–Kier alpha value is -0.340. The van der Waals surface area contributed by atoms with Gasteiger partial charge in [0, 0.05) is 19.2 Å². The van der Waals surface area contributed by atoms with Crippen LogP contribution in [0.4, 0.5) is 0 Å². The van der Waals surface area contributed by atoms with Crippen LogP contribution in [0.15, 0.2) is 12.2 Å². The SMILES string of the molecule is CC(C)C1CCOCC12CC=CCN2C(C)C.